The van der Waals surface area contributed by atoms with E-state index in [9.17, 15) is 21.6 Å². The highest BCUT2D eigenvalue weighted by atomic mass is 35.5. The highest BCUT2D eigenvalue weighted by Gasteiger charge is 2.33. The molecule has 1 aromatic carbocycles. The average molecular weight is 318 g/mol. The van der Waals surface area contributed by atoms with Gasteiger partial charge in [-0.15, -0.1) is 0 Å². The van der Waals surface area contributed by atoms with Crippen LogP contribution >= 0.6 is 11.6 Å². The van der Waals surface area contributed by atoms with Crippen molar-refractivity contribution in [2.24, 2.45) is 0 Å². The maximum Gasteiger partial charge on any atom is 0.417 e. The molecule has 9 heteroatoms. The summed E-state index contributed by atoms with van der Waals surface area (Å²) < 4.78 is 62.9. The largest absolute Gasteiger partial charge is 0.417 e. The molecule has 0 aliphatic carbocycles. The molecular weight excluding hydrogens is 307 g/mol. The molecule has 0 fully saturated rings. The maximum atomic E-state index is 12.6. The minimum Gasteiger partial charge on any atom is -0.395 e. The van der Waals surface area contributed by atoms with Crippen molar-refractivity contribution >= 4 is 27.3 Å². The number of halogens is 4. The van der Waals surface area contributed by atoms with Gasteiger partial charge >= 0.3 is 6.18 Å². The van der Waals surface area contributed by atoms with Crippen LogP contribution in [-0.2, 0) is 16.2 Å². The van der Waals surface area contributed by atoms with Gasteiger partial charge in [0.15, 0.2) is 0 Å². The summed E-state index contributed by atoms with van der Waals surface area (Å²) in [6.07, 6.45) is -4.68. The summed E-state index contributed by atoms with van der Waals surface area (Å²) in [5.41, 5.74) is -1.40. The number of benzene rings is 1. The first-order valence-corrected chi connectivity index (χ1v) is 6.99. The second-order valence-electron chi connectivity index (χ2n) is 3.83. The summed E-state index contributed by atoms with van der Waals surface area (Å²) in [5, 5.41) is 7.09. The van der Waals surface area contributed by atoms with Crippen molar-refractivity contribution in [1.29, 1.82) is 0 Å². The van der Waals surface area contributed by atoms with Crippen molar-refractivity contribution in [3.8, 4) is 0 Å². The molecule has 1 aromatic rings. The molecule has 0 heterocycles. The average Bonchev–Trinajstić information content (AvgIpc) is 2.28. The van der Waals surface area contributed by atoms with Crippen molar-refractivity contribution in [3.05, 3.63) is 28.8 Å². The molecule has 4 nitrogen and oxygen atoms in total. The number of hydrogen-bond donors (Lipinski definition) is 2. The molecule has 0 saturated carbocycles. The van der Waals surface area contributed by atoms with Gasteiger partial charge in [-0.3, -0.25) is 4.72 Å². The lowest BCUT2D eigenvalue weighted by Gasteiger charge is -2.15. The summed E-state index contributed by atoms with van der Waals surface area (Å²) in [4.78, 5) is 0. The number of anilines is 1. The van der Waals surface area contributed by atoms with Gasteiger partial charge in [0.25, 0.3) is 0 Å². The fraction of sp³-hybridized carbons (Fsp3) is 0.400. The smallest absolute Gasteiger partial charge is 0.395 e. The highest BCUT2D eigenvalue weighted by molar-refractivity contribution is 7.93. The van der Waals surface area contributed by atoms with Crippen molar-refractivity contribution in [1.82, 2.24) is 0 Å². The van der Waals surface area contributed by atoms with Crippen LogP contribution in [-0.4, -0.2) is 25.4 Å². The van der Waals surface area contributed by atoms with Crippen LogP contribution in [0.2, 0.25) is 5.02 Å². The number of hydrogen-bond acceptors (Lipinski definition) is 3. The fourth-order valence-corrected chi connectivity index (χ4v) is 2.25. The van der Waals surface area contributed by atoms with Gasteiger partial charge in [-0.25, -0.2) is 8.42 Å². The van der Waals surface area contributed by atoms with Crippen LogP contribution in [0.25, 0.3) is 0 Å². The first-order chi connectivity index (χ1) is 8.58. The first kappa shape index (κ1) is 16.1. The predicted molar refractivity (Wildman–Crippen MR) is 65.5 cm³/mol. The van der Waals surface area contributed by atoms with Crippen molar-refractivity contribution in [2.45, 2.75) is 18.3 Å². The Kier molecular flexibility index (Phi) is 4.70. The van der Waals surface area contributed by atoms with Crippen LogP contribution in [0.4, 0.5) is 18.9 Å². The molecule has 0 radical (unpaired) electrons. The van der Waals surface area contributed by atoms with E-state index in [1.165, 1.54) is 6.92 Å². The topological polar surface area (TPSA) is 66.4 Å². The molecule has 1 rings (SSSR count). The molecule has 1 unspecified atom stereocenters. The van der Waals surface area contributed by atoms with Gasteiger partial charge < -0.3 is 5.11 Å². The molecule has 19 heavy (non-hydrogen) atoms. The molecule has 0 bridgehead atoms. The molecular formula is C10H11ClF3NO3S. The first-order valence-electron chi connectivity index (χ1n) is 5.07. The molecule has 2 N–H and O–H groups in total. The van der Waals surface area contributed by atoms with Gasteiger partial charge in [-0.2, -0.15) is 13.2 Å². The third-order valence-corrected chi connectivity index (χ3v) is 4.38. The lowest BCUT2D eigenvalue weighted by atomic mass is 10.2. The number of nitrogens with one attached hydrogen (secondary N) is 1. The number of sulfonamides is 1. The van der Waals surface area contributed by atoms with Crippen molar-refractivity contribution < 1.29 is 26.7 Å². The molecule has 108 valence electrons. The molecule has 0 aliphatic rings. The molecule has 1 atom stereocenters. The zero-order valence-electron chi connectivity index (χ0n) is 9.70. The van der Waals surface area contributed by atoms with Gasteiger partial charge in [-0.1, -0.05) is 11.6 Å². The van der Waals surface area contributed by atoms with E-state index in [0.29, 0.717) is 6.07 Å². The van der Waals surface area contributed by atoms with Crippen molar-refractivity contribution in [2.75, 3.05) is 11.3 Å². The Morgan fingerprint density at radius 3 is 2.47 bits per heavy atom. The second-order valence-corrected chi connectivity index (χ2v) is 6.34. The lowest BCUT2D eigenvalue weighted by molar-refractivity contribution is -0.137. The molecule has 0 amide bonds. The Morgan fingerprint density at radius 2 is 2.00 bits per heavy atom. The van der Waals surface area contributed by atoms with Gasteiger partial charge in [0.2, 0.25) is 10.0 Å². The molecule has 0 saturated heterocycles. The van der Waals surface area contributed by atoms with Crippen LogP contribution in [0.15, 0.2) is 18.2 Å². The van der Waals surface area contributed by atoms with Gasteiger partial charge in [-0.05, 0) is 25.1 Å². The highest BCUT2D eigenvalue weighted by Crippen LogP contribution is 2.36. The minimum absolute atomic E-state index is 0.267. The Bertz CT molecular complexity index is 560. The summed E-state index contributed by atoms with van der Waals surface area (Å²) in [5.74, 6) is 0. The Balaban J connectivity index is 3.12. The summed E-state index contributed by atoms with van der Waals surface area (Å²) >= 11 is 5.40. The summed E-state index contributed by atoms with van der Waals surface area (Å²) in [7, 11) is -3.95. The minimum atomic E-state index is -4.68. The van der Waals surface area contributed by atoms with E-state index in [1.54, 1.807) is 0 Å². The van der Waals surface area contributed by atoms with E-state index in [0.717, 1.165) is 12.1 Å². The summed E-state index contributed by atoms with van der Waals surface area (Å²) in [6, 6.07) is 2.66. The quantitative estimate of drug-likeness (QED) is 0.896. The van der Waals surface area contributed by atoms with E-state index in [2.05, 4.69) is 0 Å². The Hall–Kier alpha value is -0.990. The van der Waals surface area contributed by atoms with Crippen LogP contribution in [0.3, 0.4) is 0 Å². The standard InChI is InChI=1S/C10H11ClF3NO3S/c1-6(5-16)19(17,18)15-7-2-3-9(11)8(4-7)10(12,13)14/h2-4,6,15-16H,5H2,1H3. The van der Waals surface area contributed by atoms with E-state index < -0.39 is 38.6 Å². The van der Waals surface area contributed by atoms with Crippen LogP contribution < -0.4 is 4.72 Å². The predicted octanol–water partition coefficient (Wildman–Crippen LogP) is 2.48. The number of aliphatic hydroxyl groups is 1. The number of alkyl halides is 3. The zero-order chi connectivity index (χ0) is 14.8. The number of aliphatic hydroxyl groups excluding tert-OH is 1. The Morgan fingerprint density at radius 1 is 1.42 bits per heavy atom. The zero-order valence-corrected chi connectivity index (χ0v) is 11.3. The third-order valence-electron chi connectivity index (χ3n) is 2.32. The molecule has 0 spiro atoms. The molecule has 0 aromatic heterocycles. The fourth-order valence-electron chi connectivity index (χ4n) is 1.17. The van der Waals surface area contributed by atoms with Gasteiger partial charge in [0.05, 0.1) is 17.2 Å². The Labute approximate surface area is 113 Å². The normalized spacial score (nSPS) is 14.2. The maximum absolute atomic E-state index is 12.6. The van der Waals surface area contributed by atoms with Gasteiger partial charge in [0.1, 0.15) is 5.25 Å². The van der Waals surface area contributed by atoms with E-state index >= 15 is 0 Å². The monoisotopic (exact) mass is 317 g/mol. The van der Waals surface area contributed by atoms with Crippen LogP contribution in [0, 0.1) is 0 Å². The van der Waals surface area contributed by atoms with Crippen LogP contribution in [0.5, 0.6) is 0 Å². The third kappa shape index (κ3) is 3.99. The molecule has 0 aliphatic heterocycles. The second kappa shape index (κ2) is 5.56. The van der Waals surface area contributed by atoms with Crippen LogP contribution in [0.1, 0.15) is 12.5 Å². The van der Waals surface area contributed by atoms with E-state index in [4.69, 9.17) is 16.7 Å². The van der Waals surface area contributed by atoms with E-state index in [1.807, 2.05) is 4.72 Å². The SMILES string of the molecule is CC(CO)S(=O)(=O)Nc1ccc(Cl)c(C(F)(F)F)c1. The lowest BCUT2D eigenvalue weighted by Crippen LogP contribution is -2.28. The number of rotatable bonds is 4. The van der Waals surface area contributed by atoms with Crippen molar-refractivity contribution in [3.63, 3.8) is 0 Å². The summed E-state index contributed by atoms with van der Waals surface area (Å²) in [6.45, 7) is 0.581. The van der Waals surface area contributed by atoms with Gasteiger partial charge in [0, 0.05) is 5.69 Å². The van der Waals surface area contributed by atoms with E-state index in [-0.39, 0.29) is 5.69 Å².